The molecule has 0 saturated carbocycles. The van der Waals surface area contributed by atoms with E-state index in [0.717, 1.165) is 27.8 Å². The number of nitrogens with zero attached hydrogens (tertiary/aromatic N) is 2. The number of hydrazone groups is 1. The van der Waals surface area contributed by atoms with Crippen LogP contribution in [0.5, 0.6) is 5.75 Å². The molecule has 0 spiro atoms. The van der Waals surface area contributed by atoms with E-state index in [1.54, 1.807) is 20.2 Å². The minimum Gasteiger partial charge on any atom is -0.497 e. The molecule has 29 heavy (non-hydrogen) atoms. The lowest BCUT2D eigenvalue weighted by molar-refractivity contribution is -0.143. The molecule has 0 fully saturated rings. The molecule has 150 valence electrons. The molecule has 2 aromatic carbocycles. The number of esters is 1. The van der Waals surface area contributed by atoms with Crippen molar-refractivity contribution in [2.24, 2.45) is 5.10 Å². The van der Waals surface area contributed by atoms with Gasteiger partial charge in [-0.05, 0) is 30.7 Å². The average molecular weight is 393 g/mol. The quantitative estimate of drug-likeness (QED) is 0.362. The Morgan fingerprint density at radius 3 is 2.62 bits per heavy atom. The van der Waals surface area contributed by atoms with Crippen molar-refractivity contribution in [3.63, 3.8) is 0 Å². The Morgan fingerprint density at radius 2 is 1.90 bits per heavy atom. The van der Waals surface area contributed by atoms with E-state index in [2.05, 4.69) is 10.5 Å². The summed E-state index contributed by atoms with van der Waals surface area (Å²) >= 11 is 0. The molecule has 0 atom stereocenters. The highest BCUT2D eigenvalue weighted by Crippen LogP contribution is 2.20. The van der Waals surface area contributed by atoms with Crippen LogP contribution in [0, 0.1) is 0 Å². The van der Waals surface area contributed by atoms with Gasteiger partial charge >= 0.3 is 5.97 Å². The van der Waals surface area contributed by atoms with Crippen LogP contribution in [0.4, 0.5) is 0 Å². The van der Waals surface area contributed by atoms with E-state index in [-0.39, 0.29) is 24.8 Å². The highest BCUT2D eigenvalue weighted by atomic mass is 16.5. The van der Waals surface area contributed by atoms with Gasteiger partial charge < -0.3 is 14.0 Å². The summed E-state index contributed by atoms with van der Waals surface area (Å²) in [5.41, 5.74) is 5.10. The minimum atomic E-state index is -0.301. The van der Waals surface area contributed by atoms with Gasteiger partial charge in [0.2, 0.25) is 5.91 Å². The Hall–Kier alpha value is -3.61. The summed E-state index contributed by atoms with van der Waals surface area (Å²) in [6.45, 7) is 2.23. The van der Waals surface area contributed by atoms with E-state index in [4.69, 9.17) is 9.47 Å². The molecule has 1 N–H and O–H groups in total. The molecule has 3 aromatic rings. The normalized spacial score (nSPS) is 11.0. The highest BCUT2D eigenvalue weighted by molar-refractivity contribution is 6.00. The smallest absolute Gasteiger partial charge is 0.325 e. The number of para-hydroxylation sites is 1. The van der Waals surface area contributed by atoms with Gasteiger partial charge in [-0.3, -0.25) is 9.59 Å². The zero-order valence-corrected chi connectivity index (χ0v) is 16.4. The number of hydrogen-bond donors (Lipinski definition) is 1. The molecule has 0 aliphatic rings. The molecule has 0 radical (unpaired) electrons. The maximum Gasteiger partial charge on any atom is 0.325 e. The molecule has 0 bridgehead atoms. The minimum absolute atomic E-state index is 0.117. The van der Waals surface area contributed by atoms with Crippen molar-refractivity contribution < 1.29 is 19.1 Å². The van der Waals surface area contributed by atoms with Crippen LogP contribution in [-0.2, 0) is 27.3 Å². The second-order valence-corrected chi connectivity index (χ2v) is 6.35. The van der Waals surface area contributed by atoms with Crippen molar-refractivity contribution >= 4 is 29.0 Å². The van der Waals surface area contributed by atoms with Crippen molar-refractivity contribution in [3.8, 4) is 5.75 Å². The average Bonchev–Trinajstić information content (AvgIpc) is 3.06. The number of carbonyl (C=O) groups is 2. The number of aromatic nitrogens is 1. The van der Waals surface area contributed by atoms with E-state index in [1.807, 2.05) is 59.3 Å². The number of amides is 1. The lowest BCUT2D eigenvalue weighted by Gasteiger charge is -2.04. The molecule has 1 heterocycles. The van der Waals surface area contributed by atoms with Crippen LogP contribution >= 0.6 is 0 Å². The summed E-state index contributed by atoms with van der Waals surface area (Å²) < 4.78 is 12.0. The summed E-state index contributed by atoms with van der Waals surface area (Å²) in [5.74, 6) is 0.220. The van der Waals surface area contributed by atoms with Crippen LogP contribution in [-0.4, -0.2) is 36.4 Å². The summed E-state index contributed by atoms with van der Waals surface area (Å²) in [6.07, 6.45) is 3.61. The molecular formula is C22H23N3O4. The van der Waals surface area contributed by atoms with Gasteiger partial charge in [-0.15, -0.1) is 0 Å². The second-order valence-electron chi connectivity index (χ2n) is 6.35. The monoisotopic (exact) mass is 393 g/mol. The summed E-state index contributed by atoms with van der Waals surface area (Å²) in [7, 11) is 1.60. The summed E-state index contributed by atoms with van der Waals surface area (Å²) in [4.78, 5) is 24.0. The SMILES string of the molecule is CCOC(=O)Cn1cc(/C=N/NC(=O)Cc2ccc(OC)cc2)c2ccccc21. The Morgan fingerprint density at radius 1 is 1.14 bits per heavy atom. The van der Waals surface area contributed by atoms with Crippen LogP contribution in [0.2, 0.25) is 0 Å². The predicted molar refractivity (Wildman–Crippen MR) is 111 cm³/mol. The van der Waals surface area contributed by atoms with Gasteiger partial charge in [-0.2, -0.15) is 5.10 Å². The van der Waals surface area contributed by atoms with E-state index in [0.29, 0.717) is 6.61 Å². The third kappa shape index (κ3) is 5.22. The van der Waals surface area contributed by atoms with Crippen LogP contribution < -0.4 is 10.2 Å². The molecule has 7 heteroatoms. The molecule has 0 unspecified atom stereocenters. The number of ether oxygens (including phenoxy) is 2. The molecule has 7 nitrogen and oxygen atoms in total. The third-order valence-corrected chi connectivity index (χ3v) is 4.34. The fourth-order valence-electron chi connectivity index (χ4n) is 3.00. The van der Waals surface area contributed by atoms with Gasteiger partial charge in [0.15, 0.2) is 0 Å². The summed E-state index contributed by atoms with van der Waals surface area (Å²) in [5, 5.41) is 5.01. The predicted octanol–water partition coefficient (Wildman–Crippen LogP) is 2.91. The number of rotatable bonds is 8. The van der Waals surface area contributed by atoms with E-state index in [1.165, 1.54) is 0 Å². The number of methoxy groups -OCH3 is 1. The van der Waals surface area contributed by atoms with Gasteiger partial charge in [0, 0.05) is 22.7 Å². The zero-order valence-electron chi connectivity index (χ0n) is 16.4. The molecular weight excluding hydrogens is 370 g/mol. The van der Waals surface area contributed by atoms with Gasteiger partial charge in [-0.1, -0.05) is 30.3 Å². The maximum absolute atomic E-state index is 12.1. The topological polar surface area (TPSA) is 81.9 Å². The number of benzene rings is 2. The van der Waals surface area contributed by atoms with Crippen molar-refractivity contribution in [1.82, 2.24) is 9.99 Å². The van der Waals surface area contributed by atoms with Gasteiger partial charge in [0.1, 0.15) is 12.3 Å². The highest BCUT2D eigenvalue weighted by Gasteiger charge is 2.10. The van der Waals surface area contributed by atoms with E-state index in [9.17, 15) is 9.59 Å². The first-order valence-corrected chi connectivity index (χ1v) is 9.29. The van der Waals surface area contributed by atoms with E-state index >= 15 is 0 Å². The van der Waals surface area contributed by atoms with Crippen molar-refractivity contribution in [1.29, 1.82) is 0 Å². The molecule has 3 rings (SSSR count). The standard InChI is InChI=1S/C22H23N3O4/c1-3-29-22(27)15-25-14-17(19-6-4-5-7-20(19)25)13-23-24-21(26)12-16-8-10-18(28-2)11-9-16/h4-11,13-14H,3,12,15H2,1-2H3,(H,24,26)/b23-13+. The third-order valence-electron chi connectivity index (χ3n) is 4.34. The number of hydrogen-bond acceptors (Lipinski definition) is 5. The van der Waals surface area contributed by atoms with Crippen molar-refractivity contribution in [2.75, 3.05) is 13.7 Å². The second kappa shape index (κ2) is 9.54. The first-order valence-electron chi connectivity index (χ1n) is 9.29. The van der Waals surface area contributed by atoms with E-state index < -0.39 is 0 Å². The number of nitrogens with one attached hydrogen (secondary N) is 1. The van der Waals surface area contributed by atoms with Crippen molar-refractivity contribution in [3.05, 3.63) is 65.9 Å². The lowest BCUT2D eigenvalue weighted by Crippen LogP contribution is -2.19. The molecule has 1 amide bonds. The fourth-order valence-corrected chi connectivity index (χ4v) is 3.00. The summed E-state index contributed by atoms with van der Waals surface area (Å²) in [6, 6.07) is 15.0. The lowest BCUT2D eigenvalue weighted by atomic mass is 10.1. The largest absolute Gasteiger partial charge is 0.497 e. The molecule has 0 aliphatic carbocycles. The number of carbonyl (C=O) groups excluding carboxylic acids is 2. The fraction of sp³-hybridized carbons (Fsp3) is 0.227. The Labute approximate surface area is 168 Å². The van der Waals surface area contributed by atoms with Crippen molar-refractivity contribution in [2.45, 2.75) is 19.9 Å². The zero-order chi connectivity index (χ0) is 20.6. The number of fused-ring (bicyclic) bond motifs is 1. The van der Waals surface area contributed by atoms with Crippen LogP contribution in [0.25, 0.3) is 10.9 Å². The van der Waals surface area contributed by atoms with Crippen LogP contribution in [0.3, 0.4) is 0 Å². The Bertz CT molecular complexity index is 1020. The van der Waals surface area contributed by atoms with Gasteiger partial charge in [0.05, 0.1) is 26.4 Å². The Kier molecular flexibility index (Phi) is 6.63. The Balaban J connectivity index is 1.68. The first-order chi connectivity index (χ1) is 14.1. The van der Waals surface area contributed by atoms with Gasteiger partial charge in [-0.25, -0.2) is 5.43 Å². The molecule has 1 aromatic heterocycles. The first kappa shape index (κ1) is 20.1. The van der Waals surface area contributed by atoms with Gasteiger partial charge in [0.25, 0.3) is 0 Å². The maximum atomic E-state index is 12.1. The molecule has 0 saturated heterocycles. The molecule has 0 aliphatic heterocycles. The van der Waals surface area contributed by atoms with Crippen LogP contribution in [0.15, 0.2) is 59.8 Å². The van der Waals surface area contributed by atoms with Crippen LogP contribution in [0.1, 0.15) is 18.1 Å².